The molecule has 8 heteroatoms. The third kappa shape index (κ3) is 10.2. The predicted molar refractivity (Wildman–Crippen MR) is 55.1 cm³/mol. The summed E-state index contributed by atoms with van der Waals surface area (Å²) < 4.78 is 0. The molecule has 0 aliphatic rings. The van der Waals surface area contributed by atoms with Crippen molar-refractivity contribution in [2.75, 3.05) is 13.1 Å². The first-order valence-corrected chi connectivity index (χ1v) is 4.89. The molecule has 0 bridgehead atoms. The van der Waals surface area contributed by atoms with Crippen LogP contribution in [0.15, 0.2) is 0 Å². The van der Waals surface area contributed by atoms with Crippen LogP contribution in [0.4, 0.5) is 0 Å². The summed E-state index contributed by atoms with van der Waals surface area (Å²) in [7, 11) is 0. The molecule has 0 aliphatic heterocycles. The zero-order chi connectivity index (χ0) is 13.3. The van der Waals surface area contributed by atoms with Crippen LogP contribution >= 0.6 is 0 Å². The molecule has 0 aromatic carbocycles. The lowest BCUT2D eigenvalue weighted by atomic mass is 10.3. The zero-order valence-corrected chi connectivity index (χ0v) is 9.06. The van der Waals surface area contributed by atoms with E-state index >= 15 is 0 Å². The maximum absolute atomic E-state index is 11.1. The maximum atomic E-state index is 11.1. The van der Waals surface area contributed by atoms with E-state index in [-0.39, 0.29) is 25.9 Å². The molecule has 96 valence electrons. The molecule has 0 fully saturated rings. The molecule has 0 aliphatic carbocycles. The van der Waals surface area contributed by atoms with Crippen molar-refractivity contribution in [3.63, 3.8) is 0 Å². The lowest BCUT2D eigenvalue weighted by Gasteiger charge is -2.04. The van der Waals surface area contributed by atoms with Gasteiger partial charge in [0, 0.05) is 13.1 Å². The molecule has 2 amide bonds. The molecular weight excluding hydrogens is 232 g/mol. The number of carboxylic acids is 2. The highest BCUT2D eigenvalue weighted by Crippen LogP contribution is 1.84. The van der Waals surface area contributed by atoms with Crippen molar-refractivity contribution in [3.8, 4) is 0 Å². The SMILES string of the molecule is O=C(O)CCNC(=O)CC(=O)NCCC(=O)O. The minimum absolute atomic E-state index is 0.0451. The Hall–Kier alpha value is -2.12. The van der Waals surface area contributed by atoms with Gasteiger partial charge in [-0.3, -0.25) is 19.2 Å². The van der Waals surface area contributed by atoms with Crippen LogP contribution in [0.2, 0.25) is 0 Å². The standard InChI is InChI=1S/C9H14N2O6/c12-6(10-3-1-8(14)15)5-7(13)11-4-2-9(16)17/h1-5H2,(H,10,12)(H,11,13)(H,14,15)(H,16,17). The second-order valence-corrected chi connectivity index (χ2v) is 3.16. The molecule has 0 rings (SSSR count). The Labute approximate surface area is 97.0 Å². The quantitative estimate of drug-likeness (QED) is 0.387. The summed E-state index contributed by atoms with van der Waals surface area (Å²) in [5.74, 6) is -3.29. The van der Waals surface area contributed by atoms with Crippen LogP contribution in [0.3, 0.4) is 0 Å². The Morgan fingerprint density at radius 2 is 1.12 bits per heavy atom. The average Bonchev–Trinajstić information content (AvgIpc) is 2.15. The smallest absolute Gasteiger partial charge is 0.305 e. The number of aliphatic carboxylic acids is 2. The first-order chi connectivity index (χ1) is 7.91. The van der Waals surface area contributed by atoms with Crippen LogP contribution in [0, 0.1) is 0 Å². The van der Waals surface area contributed by atoms with Gasteiger partial charge in [0.1, 0.15) is 6.42 Å². The topological polar surface area (TPSA) is 133 Å². The fourth-order valence-corrected chi connectivity index (χ4v) is 0.889. The first kappa shape index (κ1) is 14.9. The predicted octanol–water partition coefficient (Wildman–Crippen LogP) is -1.44. The van der Waals surface area contributed by atoms with E-state index in [9.17, 15) is 19.2 Å². The summed E-state index contributed by atoms with van der Waals surface area (Å²) in [6.07, 6.45) is -0.877. The van der Waals surface area contributed by atoms with E-state index in [1.165, 1.54) is 0 Å². The number of carbonyl (C=O) groups excluding carboxylic acids is 2. The Kier molecular flexibility index (Phi) is 7.07. The molecule has 0 unspecified atom stereocenters. The summed E-state index contributed by atoms with van der Waals surface area (Å²) >= 11 is 0. The third-order valence-electron chi connectivity index (χ3n) is 1.64. The van der Waals surface area contributed by atoms with Crippen molar-refractivity contribution in [2.45, 2.75) is 19.3 Å². The van der Waals surface area contributed by atoms with Gasteiger partial charge in [-0.15, -0.1) is 0 Å². The van der Waals surface area contributed by atoms with Crippen LogP contribution in [0.1, 0.15) is 19.3 Å². The third-order valence-corrected chi connectivity index (χ3v) is 1.64. The molecule has 8 nitrogen and oxygen atoms in total. The van der Waals surface area contributed by atoms with Crippen LogP contribution in [-0.4, -0.2) is 47.1 Å². The number of carboxylic acid groups (broad SMARTS) is 2. The van der Waals surface area contributed by atoms with Crippen LogP contribution in [0.25, 0.3) is 0 Å². The number of nitrogens with one attached hydrogen (secondary N) is 2. The highest BCUT2D eigenvalue weighted by atomic mass is 16.4. The highest BCUT2D eigenvalue weighted by molar-refractivity contribution is 5.97. The number of carbonyl (C=O) groups is 4. The van der Waals surface area contributed by atoms with E-state index < -0.39 is 30.2 Å². The van der Waals surface area contributed by atoms with E-state index in [0.29, 0.717) is 0 Å². The minimum atomic E-state index is -1.05. The van der Waals surface area contributed by atoms with Gasteiger partial charge in [-0.2, -0.15) is 0 Å². The monoisotopic (exact) mass is 246 g/mol. The van der Waals surface area contributed by atoms with E-state index in [1.807, 2.05) is 0 Å². The van der Waals surface area contributed by atoms with Gasteiger partial charge in [-0.05, 0) is 0 Å². The summed E-state index contributed by atoms with van der Waals surface area (Å²) in [6, 6.07) is 0. The van der Waals surface area contributed by atoms with Crippen LogP contribution in [0.5, 0.6) is 0 Å². The second-order valence-electron chi connectivity index (χ2n) is 3.16. The number of amides is 2. The molecule has 0 radical (unpaired) electrons. The average molecular weight is 246 g/mol. The van der Waals surface area contributed by atoms with Gasteiger partial charge in [0.05, 0.1) is 12.8 Å². The van der Waals surface area contributed by atoms with Crippen LogP contribution < -0.4 is 10.6 Å². The van der Waals surface area contributed by atoms with Gasteiger partial charge in [0.25, 0.3) is 0 Å². The second kappa shape index (κ2) is 8.08. The Morgan fingerprint density at radius 1 is 0.765 bits per heavy atom. The van der Waals surface area contributed by atoms with Gasteiger partial charge in [0.2, 0.25) is 11.8 Å². The lowest BCUT2D eigenvalue weighted by Crippen LogP contribution is -2.33. The number of hydrogen-bond donors (Lipinski definition) is 4. The van der Waals surface area contributed by atoms with Crippen LogP contribution in [-0.2, 0) is 19.2 Å². The lowest BCUT2D eigenvalue weighted by molar-refractivity contribution is -0.138. The van der Waals surface area contributed by atoms with Gasteiger partial charge in [-0.25, -0.2) is 0 Å². The first-order valence-electron chi connectivity index (χ1n) is 4.89. The molecule has 0 heterocycles. The summed E-state index contributed by atoms with van der Waals surface area (Å²) in [5.41, 5.74) is 0. The van der Waals surface area contributed by atoms with E-state index in [2.05, 4.69) is 10.6 Å². The molecule has 17 heavy (non-hydrogen) atoms. The highest BCUT2D eigenvalue weighted by Gasteiger charge is 2.09. The molecule has 0 aromatic rings. The molecule has 0 spiro atoms. The maximum Gasteiger partial charge on any atom is 0.305 e. The van der Waals surface area contributed by atoms with Crippen molar-refractivity contribution in [1.29, 1.82) is 0 Å². The van der Waals surface area contributed by atoms with Crippen molar-refractivity contribution >= 4 is 23.8 Å². The van der Waals surface area contributed by atoms with Crippen molar-refractivity contribution in [2.24, 2.45) is 0 Å². The van der Waals surface area contributed by atoms with Gasteiger partial charge < -0.3 is 20.8 Å². The van der Waals surface area contributed by atoms with E-state index in [0.717, 1.165) is 0 Å². The molecular formula is C9H14N2O6. The number of rotatable bonds is 8. The van der Waals surface area contributed by atoms with Crippen molar-refractivity contribution < 1.29 is 29.4 Å². The molecule has 0 aromatic heterocycles. The van der Waals surface area contributed by atoms with Gasteiger partial charge in [-0.1, -0.05) is 0 Å². The summed E-state index contributed by atoms with van der Waals surface area (Å²) in [4.78, 5) is 42.3. The Bertz CT molecular complexity index is 285. The molecule has 0 saturated carbocycles. The van der Waals surface area contributed by atoms with Crippen molar-refractivity contribution in [1.82, 2.24) is 10.6 Å². The summed E-state index contributed by atoms with van der Waals surface area (Å²) in [5, 5.41) is 21.1. The minimum Gasteiger partial charge on any atom is -0.481 e. The van der Waals surface area contributed by atoms with Gasteiger partial charge >= 0.3 is 11.9 Å². The normalized spacial score (nSPS) is 9.41. The Balaban J connectivity index is 3.62. The zero-order valence-electron chi connectivity index (χ0n) is 9.06. The fourth-order valence-electron chi connectivity index (χ4n) is 0.889. The largest absolute Gasteiger partial charge is 0.481 e. The molecule has 0 saturated heterocycles. The van der Waals surface area contributed by atoms with E-state index in [4.69, 9.17) is 10.2 Å². The number of hydrogen-bond acceptors (Lipinski definition) is 4. The fraction of sp³-hybridized carbons (Fsp3) is 0.556. The van der Waals surface area contributed by atoms with Gasteiger partial charge in [0.15, 0.2) is 0 Å². The Morgan fingerprint density at radius 3 is 1.41 bits per heavy atom. The molecule has 0 atom stereocenters. The summed E-state index contributed by atoms with van der Waals surface area (Å²) in [6.45, 7) is -0.0901. The molecule has 4 N–H and O–H groups in total. The van der Waals surface area contributed by atoms with E-state index in [1.54, 1.807) is 0 Å². The van der Waals surface area contributed by atoms with Crippen molar-refractivity contribution in [3.05, 3.63) is 0 Å².